The van der Waals surface area contributed by atoms with Crippen LogP contribution in [-0.4, -0.2) is 48.6 Å². The standard InChI is InChI=1S/C23H21N5O3/c1-31-23(30)17(16-24)15-19-21(25-20-9-5-6-10-28(20)22(19)29)27-13-11-26(12-14-27)18-7-3-2-4-8-18/h2-10,15H,11-14H2,1H3. The average molecular weight is 415 g/mol. The van der Waals surface area contributed by atoms with Crippen LogP contribution in [0.1, 0.15) is 5.56 Å². The molecule has 1 aliphatic heterocycles. The third-order valence-electron chi connectivity index (χ3n) is 5.26. The molecule has 0 aliphatic carbocycles. The highest BCUT2D eigenvalue weighted by Crippen LogP contribution is 2.23. The predicted molar refractivity (Wildman–Crippen MR) is 118 cm³/mol. The van der Waals surface area contributed by atoms with Crippen molar-refractivity contribution >= 4 is 29.2 Å². The third kappa shape index (κ3) is 3.98. The Morgan fingerprint density at radius 2 is 1.74 bits per heavy atom. The Kier molecular flexibility index (Phi) is 5.67. The molecule has 0 unspecified atom stereocenters. The van der Waals surface area contributed by atoms with Crippen LogP contribution >= 0.6 is 0 Å². The summed E-state index contributed by atoms with van der Waals surface area (Å²) in [7, 11) is 1.20. The van der Waals surface area contributed by atoms with Crippen molar-refractivity contribution in [3.63, 3.8) is 0 Å². The number of anilines is 2. The molecule has 156 valence electrons. The second-order valence-electron chi connectivity index (χ2n) is 7.05. The minimum Gasteiger partial charge on any atom is -0.465 e. The van der Waals surface area contributed by atoms with Gasteiger partial charge in [0.25, 0.3) is 5.56 Å². The maximum Gasteiger partial charge on any atom is 0.348 e. The van der Waals surface area contributed by atoms with E-state index in [-0.39, 0.29) is 16.7 Å². The molecule has 3 heterocycles. The van der Waals surface area contributed by atoms with E-state index < -0.39 is 5.97 Å². The van der Waals surface area contributed by atoms with Crippen LogP contribution in [-0.2, 0) is 9.53 Å². The molecule has 1 fully saturated rings. The van der Waals surface area contributed by atoms with Crippen LogP contribution in [0, 0.1) is 11.3 Å². The summed E-state index contributed by atoms with van der Waals surface area (Å²) in [6.45, 7) is 2.80. The molecule has 31 heavy (non-hydrogen) atoms. The molecule has 0 atom stereocenters. The van der Waals surface area contributed by atoms with Crippen LogP contribution < -0.4 is 15.4 Å². The number of nitriles is 1. The van der Waals surface area contributed by atoms with E-state index in [9.17, 15) is 14.9 Å². The zero-order chi connectivity index (χ0) is 21.8. The molecule has 0 N–H and O–H groups in total. The number of nitrogens with zero attached hydrogens (tertiary/aromatic N) is 5. The second kappa shape index (κ2) is 8.71. The maximum absolute atomic E-state index is 13.2. The lowest BCUT2D eigenvalue weighted by molar-refractivity contribution is -0.135. The lowest BCUT2D eigenvalue weighted by atomic mass is 10.1. The summed E-state index contributed by atoms with van der Waals surface area (Å²) >= 11 is 0. The molecule has 2 aromatic heterocycles. The molecule has 8 heteroatoms. The van der Waals surface area contributed by atoms with Crippen LogP contribution in [0.4, 0.5) is 11.5 Å². The zero-order valence-electron chi connectivity index (χ0n) is 17.1. The van der Waals surface area contributed by atoms with Gasteiger partial charge < -0.3 is 14.5 Å². The van der Waals surface area contributed by atoms with Crippen molar-refractivity contribution in [1.82, 2.24) is 9.38 Å². The van der Waals surface area contributed by atoms with Crippen molar-refractivity contribution in [2.75, 3.05) is 43.1 Å². The number of rotatable bonds is 4. The number of fused-ring (bicyclic) bond motifs is 1. The highest BCUT2D eigenvalue weighted by molar-refractivity contribution is 5.98. The molecule has 1 aromatic carbocycles. The van der Waals surface area contributed by atoms with Crippen LogP contribution in [0.15, 0.2) is 65.1 Å². The number of para-hydroxylation sites is 1. The Labute approximate surface area is 179 Å². The first kappa shape index (κ1) is 20.2. The van der Waals surface area contributed by atoms with Gasteiger partial charge in [-0.1, -0.05) is 24.3 Å². The SMILES string of the molecule is COC(=O)C(C#N)=Cc1c(N2CCN(c3ccccc3)CC2)nc2ccccn2c1=O. The van der Waals surface area contributed by atoms with Gasteiger partial charge in [-0.05, 0) is 30.3 Å². The van der Waals surface area contributed by atoms with Gasteiger partial charge in [-0.2, -0.15) is 5.26 Å². The molecule has 1 aliphatic rings. The normalized spacial score (nSPS) is 14.4. The number of benzene rings is 1. The fraction of sp³-hybridized carbons (Fsp3) is 0.217. The van der Waals surface area contributed by atoms with Gasteiger partial charge in [0.05, 0.1) is 12.7 Å². The molecule has 4 rings (SSSR count). The first-order valence-corrected chi connectivity index (χ1v) is 9.89. The highest BCUT2D eigenvalue weighted by Gasteiger charge is 2.23. The van der Waals surface area contributed by atoms with Crippen molar-refractivity contribution in [3.8, 4) is 6.07 Å². The minimum atomic E-state index is -0.792. The first-order valence-electron chi connectivity index (χ1n) is 9.89. The average Bonchev–Trinajstić information content (AvgIpc) is 2.83. The molecule has 8 nitrogen and oxygen atoms in total. The largest absolute Gasteiger partial charge is 0.465 e. The summed E-state index contributed by atoms with van der Waals surface area (Å²) in [5.74, 6) is -0.333. The molecule has 0 amide bonds. The van der Waals surface area contributed by atoms with Gasteiger partial charge in [-0.25, -0.2) is 9.78 Å². The smallest absolute Gasteiger partial charge is 0.348 e. The number of esters is 1. The lowest BCUT2D eigenvalue weighted by Gasteiger charge is -2.37. The fourth-order valence-corrected chi connectivity index (χ4v) is 3.66. The van der Waals surface area contributed by atoms with Crippen molar-refractivity contribution in [2.45, 2.75) is 0 Å². The monoisotopic (exact) mass is 415 g/mol. The Morgan fingerprint density at radius 1 is 1.06 bits per heavy atom. The molecule has 1 saturated heterocycles. The van der Waals surface area contributed by atoms with Crippen LogP contribution in [0.3, 0.4) is 0 Å². The fourth-order valence-electron chi connectivity index (χ4n) is 3.66. The molecule has 3 aromatic rings. The van der Waals surface area contributed by atoms with Gasteiger partial charge >= 0.3 is 5.97 Å². The zero-order valence-corrected chi connectivity index (χ0v) is 17.1. The van der Waals surface area contributed by atoms with Gasteiger partial charge in [0.2, 0.25) is 0 Å². The quantitative estimate of drug-likeness (QED) is 0.366. The summed E-state index contributed by atoms with van der Waals surface area (Å²) in [6, 6.07) is 17.2. The molecule has 0 spiro atoms. The summed E-state index contributed by atoms with van der Waals surface area (Å²) in [6.07, 6.45) is 2.89. The van der Waals surface area contributed by atoms with Crippen LogP contribution in [0.2, 0.25) is 0 Å². The van der Waals surface area contributed by atoms with E-state index in [4.69, 9.17) is 4.98 Å². The second-order valence-corrected chi connectivity index (χ2v) is 7.05. The number of carbonyl (C=O) groups is 1. The van der Waals surface area contributed by atoms with Crippen molar-refractivity contribution < 1.29 is 9.53 Å². The van der Waals surface area contributed by atoms with Crippen LogP contribution in [0.25, 0.3) is 11.7 Å². The molecule has 0 bridgehead atoms. The van der Waals surface area contributed by atoms with Gasteiger partial charge in [0.1, 0.15) is 23.1 Å². The topological polar surface area (TPSA) is 90.9 Å². The number of hydrogen-bond donors (Lipinski definition) is 0. The van der Waals surface area contributed by atoms with E-state index in [1.165, 1.54) is 17.6 Å². The van der Waals surface area contributed by atoms with E-state index in [2.05, 4.69) is 21.8 Å². The Bertz CT molecular complexity index is 1240. The Morgan fingerprint density at radius 3 is 2.42 bits per heavy atom. The maximum atomic E-state index is 13.2. The van der Waals surface area contributed by atoms with E-state index in [1.54, 1.807) is 18.3 Å². The summed E-state index contributed by atoms with van der Waals surface area (Å²) in [5.41, 5.74) is 1.25. The van der Waals surface area contributed by atoms with E-state index in [1.807, 2.05) is 35.2 Å². The van der Waals surface area contributed by atoms with E-state index in [0.717, 1.165) is 18.8 Å². The summed E-state index contributed by atoms with van der Waals surface area (Å²) < 4.78 is 6.08. The number of pyridine rings is 1. The van der Waals surface area contributed by atoms with Gasteiger partial charge in [0.15, 0.2) is 0 Å². The third-order valence-corrected chi connectivity index (χ3v) is 5.26. The van der Waals surface area contributed by atoms with Crippen LogP contribution in [0.5, 0.6) is 0 Å². The van der Waals surface area contributed by atoms with Crippen molar-refractivity contribution in [2.24, 2.45) is 0 Å². The molecular formula is C23H21N5O3. The first-order chi connectivity index (χ1) is 15.1. The molecular weight excluding hydrogens is 394 g/mol. The number of carbonyl (C=O) groups excluding carboxylic acids is 1. The number of aromatic nitrogens is 2. The minimum absolute atomic E-state index is 0.193. The van der Waals surface area contributed by atoms with Gasteiger partial charge in [-0.3, -0.25) is 9.20 Å². The lowest BCUT2D eigenvalue weighted by Crippen LogP contribution is -2.47. The van der Waals surface area contributed by atoms with Gasteiger partial charge in [0, 0.05) is 38.1 Å². The highest BCUT2D eigenvalue weighted by atomic mass is 16.5. The Balaban J connectivity index is 1.75. The van der Waals surface area contributed by atoms with Gasteiger partial charge in [-0.15, -0.1) is 0 Å². The van der Waals surface area contributed by atoms with E-state index >= 15 is 0 Å². The predicted octanol–water partition coefficient (Wildman–Crippen LogP) is 2.10. The summed E-state index contributed by atoms with van der Waals surface area (Å²) in [4.78, 5) is 34.2. The number of hydrogen-bond acceptors (Lipinski definition) is 7. The Hall–Kier alpha value is -4.12. The number of piperazine rings is 1. The molecule has 0 radical (unpaired) electrons. The summed E-state index contributed by atoms with van der Waals surface area (Å²) in [5, 5.41) is 9.39. The number of methoxy groups -OCH3 is 1. The van der Waals surface area contributed by atoms with Crippen molar-refractivity contribution in [3.05, 3.63) is 76.2 Å². The number of ether oxygens (including phenoxy) is 1. The van der Waals surface area contributed by atoms with E-state index in [0.29, 0.717) is 24.6 Å². The van der Waals surface area contributed by atoms with Crippen molar-refractivity contribution in [1.29, 1.82) is 5.26 Å². The molecule has 0 saturated carbocycles.